The molecule has 0 bridgehead atoms. The molecule has 1 aromatic carbocycles. The zero-order valence-electron chi connectivity index (χ0n) is 14.7. The van der Waals surface area contributed by atoms with Gasteiger partial charge in [-0.2, -0.15) is 4.31 Å². The lowest BCUT2D eigenvalue weighted by Crippen LogP contribution is -2.36. The zero-order chi connectivity index (χ0) is 19.6. The Balaban J connectivity index is 1.80. The van der Waals surface area contributed by atoms with Crippen molar-refractivity contribution in [2.45, 2.75) is 37.1 Å². The van der Waals surface area contributed by atoms with E-state index in [0.29, 0.717) is 23.1 Å². The van der Waals surface area contributed by atoms with E-state index in [0.717, 1.165) is 36.2 Å². The van der Waals surface area contributed by atoms with Crippen LogP contribution in [0.3, 0.4) is 0 Å². The normalized spacial score (nSPS) is 16.9. The third kappa shape index (κ3) is 4.49. The molecule has 1 aliphatic heterocycles. The van der Waals surface area contributed by atoms with Crippen LogP contribution in [0.25, 0.3) is 0 Å². The molecule has 0 spiro atoms. The second-order valence-corrected chi connectivity index (χ2v) is 10.1. The average Bonchev–Trinajstić information content (AvgIpc) is 3.15. The van der Waals surface area contributed by atoms with Crippen molar-refractivity contribution in [1.82, 2.24) is 9.62 Å². The number of rotatable bonds is 5. The number of carbonyl (C=O) groups is 1. The second kappa shape index (κ2) is 8.49. The maximum atomic E-state index is 12.9. The molecule has 5 nitrogen and oxygen atoms in total. The molecule has 1 unspecified atom stereocenters. The number of piperidine rings is 1. The van der Waals surface area contributed by atoms with Gasteiger partial charge in [0.2, 0.25) is 10.0 Å². The number of nitrogens with one attached hydrogen (secondary N) is 1. The Bertz CT molecular complexity index is 938. The van der Waals surface area contributed by atoms with Gasteiger partial charge in [-0.3, -0.25) is 4.79 Å². The molecule has 1 atom stereocenters. The third-order valence-electron chi connectivity index (χ3n) is 4.56. The average molecular weight is 447 g/mol. The molecule has 9 heteroatoms. The van der Waals surface area contributed by atoms with Crippen LogP contribution in [-0.4, -0.2) is 31.7 Å². The number of nitrogens with zero attached hydrogens (tertiary/aromatic N) is 1. The van der Waals surface area contributed by atoms with Gasteiger partial charge in [-0.15, -0.1) is 11.3 Å². The number of sulfonamides is 1. The van der Waals surface area contributed by atoms with Gasteiger partial charge in [0.05, 0.1) is 16.1 Å². The minimum Gasteiger partial charge on any atom is -0.345 e. The molecule has 2 heterocycles. The molecule has 3 rings (SSSR count). The Morgan fingerprint density at radius 1 is 1.15 bits per heavy atom. The second-order valence-electron chi connectivity index (χ2n) is 6.45. The van der Waals surface area contributed by atoms with Crippen molar-refractivity contribution >= 4 is 50.5 Å². The molecule has 2 aromatic rings. The van der Waals surface area contributed by atoms with Crippen LogP contribution in [-0.2, 0) is 10.0 Å². The van der Waals surface area contributed by atoms with Crippen LogP contribution in [0.4, 0.5) is 0 Å². The lowest BCUT2D eigenvalue weighted by atomic mass is 10.1. The number of benzene rings is 1. The van der Waals surface area contributed by atoms with Crippen LogP contribution in [0.15, 0.2) is 34.5 Å². The summed E-state index contributed by atoms with van der Waals surface area (Å²) < 4.78 is 27.3. The number of hydrogen-bond donors (Lipinski definition) is 1. The van der Waals surface area contributed by atoms with Gasteiger partial charge >= 0.3 is 0 Å². The van der Waals surface area contributed by atoms with Crippen molar-refractivity contribution in [3.8, 4) is 0 Å². The first-order chi connectivity index (χ1) is 12.8. The van der Waals surface area contributed by atoms with E-state index in [1.165, 1.54) is 10.4 Å². The van der Waals surface area contributed by atoms with E-state index in [2.05, 4.69) is 5.32 Å². The standard InChI is InChI=1S/C18H20Cl2N2O3S2/c1-12(13-5-6-14(19)15(20)11-13)21-18(23)17-16(7-10-26-17)27(24,25)22-8-3-2-4-9-22/h5-7,10-12H,2-4,8-9H2,1H3,(H,21,23). The van der Waals surface area contributed by atoms with E-state index in [-0.39, 0.29) is 15.8 Å². The quantitative estimate of drug-likeness (QED) is 0.721. The molecular formula is C18H20Cl2N2O3S2. The lowest BCUT2D eigenvalue weighted by Gasteiger charge is -2.26. The molecular weight excluding hydrogens is 427 g/mol. The highest BCUT2D eigenvalue weighted by molar-refractivity contribution is 7.89. The number of carbonyl (C=O) groups excluding carboxylic acids is 1. The summed E-state index contributed by atoms with van der Waals surface area (Å²) in [6, 6.07) is 6.29. The minimum atomic E-state index is -3.66. The van der Waals surface area contributed by atoms with E-state index in [1.807, 2.05) is 6.92 Å². The monoisotopic (exact) mass is 446 g/mol. The summed E-state index contributed by atoms with van der Waals surface area (Å²) in [5, 5.41) is 5.32. The fraction of sp³-hybridized carbons (Fsp3) is 0.389. The van der Waals surface area contributed by atoms with Gasteiger partial charge < -0.3 is 5.32 Å². The number of halogens is 2. The van der Waals surface area contributed by atoms with E-state index in [4.69, 9.17) is 23.2 Å². The van der Waals surface area contributed by atoms with Crippen LogP contribution < -0.4 is 5.32 Å². The SMILES string of the molecule is CC(NC(=O)c1sccc1S(=O)(=O)N1CCCCC1)c1ccc(Cl)c(Cl)c1. The predicted molar refractivity (Wildman–Crippen MR) is 109 cm³/mol. The highest BCUT2D eigenvalue weighted by atomic mass is 35.5. The zero-order valence-corrected chi connectivity index (χ0v) is 17.9. The van der Waals surface area contributed by atoms with Crippen LogP contribution in [0.5, 0.6) is 0 Å². The maximum absolute atomic E-state index is 12.9. The van der Waals surface area contributed by atoms with E-state index >= 15 is 0 Å². The minimum absolute atomic E-state index is 0.0771. The van der Waals surface area contributed by atoms with Gasteiger partial charge in [0, 0.05) is 13.1 Å². The fourth-order valence-electron chi connectivity index (χ4n) is 3.04. The van der Waals surface area contributed by atoms with E-state index in [1.54, 1.807) is 23.6 Å². The smallest absolute Gasteiger partial charge is 0.263 e. The summed E-state index contributed by atoms with van der Waals surface area (Å²) >= 11 is 13.1. The number of amides is 1. The number of hydrogen-bond acceptors (Lipinski definition) is 4. The predicted octanol–water partition coefficient (Wildman–Crippen LogP) is 4.72. The van der Waals surface area contributed by atoms with Crippen molar-refractivity contribution in [2.24, 2.45) is 0 Å². The summed E-state index contributed by atoms with van der Waals surface area (Å²) in [6.07, 6.45) is 2.72. The Morgan fingerprint density at radius 2 is 1.85 bits per heavy atom. The van der Waals surface area contributed by atoms with Crippen molar-refractivity contribution < 1.29 is 13.2 Å². The Labute approximate surface area is 173 Å². The molecule has 27 heavy (non-hydrogen) atoms. The van der Waals surface area contributed by atoms with Gasteiger partial charge in [-0.1, -0.05) is 35.7 Å². The topological polar surface area (TPSA) is 66.5 Å². The molecule has 1 saturated heterocycles. The van der Waals surface area contributed by atoms with Gasteiger partial charge in [0.15, 0.2) is 0 Å². The highest BCUT2D eigenvalue weighted by Gasteiger charge is 2.31. The molecule has 1 aliphatic rings. The van der Waals surface area contributed by atoms with Gasteiger partial charge in [0.25, 0.3) is 5.91 Å². The first kappa shape index (κ1) is 20.6. The third-order valence-corrected chi connectivity index (χ3v) is 8.28. The van der Waals surface area contributed by atoms with Crippen LogP contribution in [0, 0.1) is 0 Å². The Kier molecular flexibility index (Phi) is 6.48. The Hall–Kier alpha value is -1.12. The highest BCUT2D eigenvalue weighted by Crippen LogP contribution is 2.29. The van der Waals surface area contributed by atoms with Crippen LogP contribution >= 0.6 is 34.5 Å². The molecule has 0 aliphatic carbocycles. The van der Waals surface area contributed by atoms with Crippen LogP contribution in [0.1, 0.15) is 47.5 Å². The molecule has 0 radical (unpaired) electrons. The molecule has 1 N–H and O–H groups in total. The molecule has 1 amide bonds. The summed E-state index contributed by atoms with van der Waals surface area (Å²) in [4.78, 5) is 13.0. The van der Waals surface area contributed by atoms with Gasteiger partial charge in [0.1, 0.15) is 9.77 Å². The molecule has 1 aromatic heterocycles. The largest absolute Gasteiger partial charge is 0.345 e. The van der Waals surface area contributed by atoms with E-state index in [9.17, 15) is 13.2 Å². The maximum Gasteiger partial charge on any atom is 0.263 e. The number of thiophene rings is 1. The molecule has 1 fully saturated rings. The summed E-state index contributed by atoms with van der Waals surface area (Å²) in [7, 11) is -3.66. The summed E-state index contributed by atoms with van der Waals surface area (Å²) in [5.74, 6) is -0.417. The lowest BCUT2D eigenvalue weighted by molar-refractivity contribution is 0.0941. The van der Waals surface area contributed by atoms with E-state index < -0.39 is 15.9 Å². The van der Waals surface area contributed by atoms with Gasteiger partial charge in [-0.05, 0) is 48.9 Å². The summed E-state index contributed by atoms with van der Waals surface area (Å²) in [5.41, 5.74) is 0.787. The van der Waals surface area contributed by atoms with Gasteiger partial charge in [-0.25, -0.2) is 8.42 Å². The van der Waals surface area contributed by atoms with Crippen molar-refractivity contribution in [3.63, 3.8) is 0 Å². The first-order valence-electron chi connectivity index (χ1n) is 8.64. The van der Waals surface area contributed by atoms with Crippen molar-refractivity contribution in [2.75, 3.05) is 13.1 Å². The van der Waals surface area contributed by atoms with Crippen molar-refractivity contribution in [3.05, 3.63) is 50.1 Å². The van der Waals surface area contributed by atoms with Crippen LogP contribution in [0.2, 0.25) is 10.0 Å². The molecule has 146 valence electrons. The fourth-order valence-corrected chi connectivity index (χ4v) is 6.17. The van der Waals surface area contributed by atoms with Crippen molar-refractivity contribution in [1.29, 1.82) is 0 Å². The first-order valence-corrected chi connectivity index (χ1v) is 11.7. The summed E-state index contributed by atoms with van der Waals surface area (Å²) in [6.45, 7) is 2.81. The Morgan fingerprint density at radius 3 is 2.52 bits per heavy atom. The molecule has 0 saturated carbocycles.